The smallest absolute Gasteiger partial charge is 0.418 e. The van der Waals surface area contributed by atoms with Gasteiger partial charge in [0.05, 0.1) is 30.3 Å². The molecule has 1 aromatic heterocycles. The summed E-state index contributed by atoms with van der Waals surface area (Å²) in [6.45, 7) is 10.1. The van der Waals surface area contributed by atoms with Crippen LogP contribution >= 0.6 is 0 Å². The zero-order valence-corrected chi connectivity index (χ0v) is 30.2. The second-order valence-corrected chi connectivity index (χ2v) is 16.1. The number of likely N-dealkylation sites (tertiary alicyclic amines) is 2. The van der Waals surface area contributed by atoms with Gasteiger partial charge in [-0.25, -0.2) is 13.2 Å². The van der Waals surface area contributed by atoms with Gasteiger partial charge in [-0.15, -0.1) is 0 Å². The van der Waals surface area contributed by atoms with E-state index in [2.05, 4.69) is 44.9 Å². The Bertz CT molecular complexity index is 1770. The number of amides is 2. The normalized spacial score (nSPS) is 18.0. The number of sulfonamides is 1. The first kappa shape index (κ1) is 35.5. The highest BCUT2D eigenvalue weighted by molar-refractivity contribution is 7.92. The molecule has 0 saturated carbocycles. The van der Waals surface area contributed by atoms with Crippen molar-refractivity contribution in [2.24, 2.45) is 13.0 Å². The van der Waals surface area contributed by atoms with Crippen LogP contribution < -0.4 is 19.5 Å². The SMILES string of the molecule is COc1c(NC(=O)Oc2cc3cccc(CN4CCC(C(=O)N5CC[C@@H](N(C)C)C5)CC4)c3n2C)cc(C(C)(C)C)cc1NS(C)(=O)=O. The minimum atomic E-state index is -3.62. The van der Waals surface area contributed by atoms with Crippen LogP contribution in [0.5, 0.6) is 11.6 Å². The van der Waals surface area contributed by atoms with Gasteiger partial charge in [-0.3, -0.25) is 19.7 Å². The molecule has 2 N–H and O–H groups in total. The number of carbonyl (C=O) groups is 2. The Labute approximate surface area is 284 Å². The minimum absolute atomic E-state index is 0.0763. The van der Waals surface area contributed by atoms with Gasteiger partial charge in [-0.1, -0.05) is 39.0 Å². The Hall–Kier alpha value is -3.81. The molecule has 3 heterocycles. The molecule has 2 aliphatic rings. The van der Waals surface area contributed by atoms with Crippen LogP contribution in [0.3, 0.4) is 0 Å². The van der Waals surface area contributed by atoms with E-state index in [-0.39, 0.29) is 28.5 Å². The van der Waals surface area contributed by atoms with E-state index < -0.39 is 16.1 Å². The number of para-hydroxylation sites is 1. The van der Waals surface area contributed by atoms with Crippen LogP contribution in [0.2, 0.25) is 0 Å². The third kappa shape index (κ3) is 8.07. The fraction of sp³-hybridized carbons (Fsp3) is 0.543. The molecule has 2 aliphatic heterocycles. The molecule has 0 unspecified atom stereocenters. The molecule has 2 aromatic carbocycles. The summed E-state index contributed by atoms with van der Waals surface area (Å²) in [4.78, 5) is 33.2. The van der Waals surface area contributed by atoms with Gasteiger partial charge in [0, 0.05) is 50.1 Å². The molecule has 0 bridgehead atoms. The van der Waals surface area contributed by atoms with Crippen molar-refractivity contribution in [1.29, 1.82) is 0 Å². The molecular formula is C35H50N6O6S. The molecule has 0 radical (unpaired) electrons. The van der Waals surface area contributed by atoms with E-state index in [1.807, 2.05) is 50.6 Å². The molecule has 0 spiro atoms. The summed E-state index contributed by atoms with van der Waals surface area (Å²) >= 11 is 0. The summed E-state index contributed by atoms with van der Waals surface area (Å²) < 4.78 is 39.9. The summed E-state index contributed by atoms with van der Waals surface area (Å²) in [7, 11) is 3.82. The number of benzene rings is 2. The van der Waals surface area contributed by atoms with Crippen molar-refractivity contribution >= 4 is 44.3 Å². The average Bonchev–Trinajstić information content (AvgIpc) is 3.62. The van der Waals surface area contributed by atoms with E-state index in [9.17, 15) is 18.0 Å². The number of ether oxygens (including phenoxy) is 2. The number of aryl methyl sites for hydroxylation is 1. The lowest BCUT2D eigenvalue weighted by Crippen LogP contribution is -2.42. The van der Waals surface area contributed by atoms with Crippen LogP contribution in [0, 0.1) is 5.92 Å². The van der Waals surface area contributed by atoms with Crippen molar-refractivity contribution in [1.82, 2.24) is 19.3 Å². The number of fused-ring (bicyclic) bond motifs is 1. The number of aromatic nitrogens is 1. The zero-order valence-electron chi connectivity index (χ0n) is 29.4. The van der Waals surface area contributed by atoms with Crippen molar-refractivity contribution in [3.8, 4) is 11.6 Å². The maximum absolute atomic E-state index is 13.3. The third-order valence-electron chi connectivity index (χ3n) is 9.52. The topological polar surface area (TPSA) is 125 Å². The number of nitrogens with one attached hydrogen (secondary N) is 2. The monoisotopic (exact) mass is 682 g/mol. The van der Waals surface area contributed by atoms with Gasteiger partial charge in [0.2, 0.25) is 21.8 Å². The lowest BCUT2D eigenvalue weighted by atomic mass is 9.86. The van der Waals surface area contributed by atoms with Crippen molar-refractivity contribution in [2.75, 3.05) is 63.7 Å². The largest absolute Gasteiger partial charge is 0.492 e. The number of nitrogens with zero attached hydrogens (tertiary/aromatic N) is 4. The maximum atomic E-state index is 13.3. The van der Waals surface area contributed by atoms with Crippen LogP contribution in [0.15, 0.2) is 36.4 Å². The van der Waals surface area contributed by atoms with Gasteiger partial charge in [0.1, 0.15) is 0 Å². The number of piperidine rings is 1. The van der Waals surface area contributed by atoms with E-state index in [0.29, 0.717) is 17.8 Å². The Kier molecular flexibility index (Phi) is 10.3. The standard InChI is InChI=1S/C35H50N6O6S/c1-35(2,3)26-19-28(32(46-7)29(20-26)37-48(8,44)45)36-34(43)47-30-18-24-10-9-11-25(31(24)39(30)6)21-40-15-12-23(13-16-40)33(42)41-17-14-27(22-41)38(4)5/h9-11,18-20,23,27,37H,12-17,21-22H2,1-8H3,(H,36,43)/t27-/m1/s1. The number of methoxy groups -OCH3 is 1. The lowest BCUT2D eigenvalue weighted by molar-refractivity contribution is -0.136. The van der Waals surface area contributed by atoms with E-state index >= 15 is 0 Å². The maximum Gasteiger partial charge on any atom is 0.418 e. The first-order valence-corrected chi connectivity index (χ1v) is 18.4. The Morgan fingerprint density at radius 3 is 2.31 bits per heavy atom. The van der Waals surface area contributed by atoms with Crippen molar-refractivity contribution < 1.29 is 27.5 Å². The molecule has 5 rings (SSSR count). The summed E-state index contributed by atoms with van der Waals surface area (Å²) in [5.41, 5.74) is 3.03. The van der Waals surface area contributed by atoms with Crippen LogP contribution in [0.1, 0.15) is 51.2 Å². The molecular weight excluding hydrogens is 632 g/mol. The minimum Gasteiger partial charge on any atom is -0.492 e. The van der Waals surface area contributed by atoms with Crippen LogP contribution in [0.25, 0.3) is 10.9 Å². The third-order valence-corrected chi connectivity index (χ3v) is 10.1. The molecule has 0 aliphatic carbocycles. The van der Waals surface area contributed by atoms with Crippen LogP contribution in [-0.4, -0.2) is 99.4 Å². The number of carbonyl (C=O) groups excluding carboxylic acids is 2. The number of likely N-dealkylation sites (N-methyl/N-ethyl adjacent to an activating group) is 1. The summed E-state index contributed by atoms with van der Waals surface area (Å²) in [6, 6.07) is 11.8. The highest BCUT2D eigenvalue weighted by Crippen LogP contribution is 2.39. The van der Waals surface area contributed by atoms with Gasteiger partial charge in [-0.05, 0) is 75.1 Å². The quantitative estimate of drug-likeness (QED) is 0.329. The second-order valence-electron chi connectivity index (χ2n) is 14.4. The van der Waals surface area contributed by atoms with Crippen molar-refractivity contribution in [3.63, 3.8) is 0 Å². The second kappa shape index (κ2) is 14.0. The fourth-order valence-corrected chi connectivity index (χ4v) is 7.33. The highest BCUT2D eigenvalue weighted by Gasteiger charge is 2.33. The summed E-state index contributed by atoms with van der Waals surface area (Å²) in [6.07, 6.45) is 3.05. The lowest BCUT2D eigenvalue weighted by Gasteiger charge is -2.33. The van der Waals surface area contributed by atoms with Gasteiger partial charge in [-0.2, -0.15) is 0 Å². The molecule has 48 heavy (non-hydrogen) atoms. The molecule has 1 atom stereocenters. The summed E-state index contributed by atoms with van der Waals surface area (Å²) in [5.74, 6) is 0.913. The van der Waals surface area contributed by atoms with Crippen molar-refractivity contribution in [3.05, 3.63) is 47.5 Å². The molecule has 2 amide bonds. The van der Waals surface area contributed by atoms with Crippen molar-refractivity contribution in [2.45, 2.75) is 58.0 Å². The van der Waals surface area contributed by atoms with E-state index in [4.69, 9.17) is 9.47 Å². The molecule has 2 fully saturated rings. The van der Waals surface area contributed by atoms with E-state index in [1.54, 1.807) is 12.1 Å². The average molecular weight is 683 g/mol. The Morgan fingerprint density at radius 2 is 1.71 bits per heavy atom. The first-order valence-electron chi connectivity index (χ1n) is 16.5. The molecule has 13 heteroatoms. The zero-order chi connectivity index (χ0) is 35.0. The van der Waals surface area contributed by atoms with E-state index in [0.717, 1.165) is 80.3 Å². The predicted molar refractivity (Wildman–Crippen MR) is 189 cm³/mol. The van der Waals surface area contributed by atoms with E-state index in [1.165, 1.54) is 7.11 Å². The van der Waals surface area contributed by atoms with Crippen LogP contribution in [0.4, 0.5) is 16.2 Å². The highest BCUT2D eigenvalue weighted by atomic mass is 32.2. The first-order chi connectivity index (χ1) is 22.5. The molecule has 262 valence electrons. The van der Waals surface area contributed by atoms with Gasteiger partial charge >= 0.3 is 6.09 Å². The molecule has 3 aromatic rings. The van der Waals surface area contributed by atoms with Crippen LogP contribution in [-0.2, 0) is 33.8 Å². The molecule has 2 saturated heterocycles. The molecule has 12 nitrogen and oxygen atoms in total. The fourth-order valence-electron chi connectivity index (χ4n) is 6.78. The number of hydrogen-bond acceptors (Lipinski definition) is 8. The van der Waals surface area contributed by atoms with Gasteiger partial charge in [0.15, 0.2) is 5.75 Å². The Balaban J connectivity index is 1.28. The van der Waals surface area contributed by atoms with Gasteiger partial charge < -0.3 is 23.8 Å². The predicted octanol–water partition coefficient (Wildman–Crippen LogP) is 4.84. The number of hydrogen-bond donors (Lipinski definition) is 2. The summed E-state index contributed by atoms with van der Waals surface area (Å²) in [5, 5.41) is 3.71. The Morgan fingerprint density at radius 1 is 1.02 bits per heavy atom. The van der Waals surface area contributed by atoms with Gasteiger partial charge in [0.25, 0.3) is 0 Å². The number of anilines is 2. The number of rotatable bonds is 9.